The lowest BCUT2D eigenvalue weighted by Crippen LogP contribution is -2.65. The predicted octanol–water partition coefficient (Wildman–Crippen LogP) is 3.42. The molecule has 3 fully saturated rings. The van der Waals surface area contributed by atoms with Crippen LogP contribution in [0.1, 0.15) is 57.9 Å². The zero-order valence-electron chi connectivity index (χ0n) is 15.3. The number of piperidine rings is 1. The Hall–Kier alpha value is -1.55. The average molecular weight is 340 g/mol. The van der Waals surface area contributed by atoms with E-state index in [0.29, 0.717) is 11.5 Å². The molecule has 0 radical (unpaired) electrons. The predicted molar refractivity (Wildman–Crippen MR) is 97.9 cm³/mol. The molecule has 4 heteroatoms. The first-order chi connectivity index (χ1) is 12.0. The Morgan fingerprint density at radius 3 is 2.88 bits per heavy atom. The van der Waals surface area contributed by atoms with E-state index in [-0.39, 0.29) is 23.1 Å². The summed E-state index contributed by atoms with van der Waals surface area (Å²) in [6.07, 6.45) is 7.21. The number of fused-ring (bicyclic) bond motifs is 1. The molecule has 1 N–H and O–H groups in total. The van der Waals surface area contributed by atoms with Crippen molar-refractivity contribution in [1.29, 1.82) is 0 Å². The van der Waals surface area contributed by atoms with Crippen molar-refractivity contribution in [2.24, 2.45) is 5.41 Å². The van der Waals surface area contributed by atoms with Gasteiger partial charge in [-0.1, -0.05) is 19.1 Å². The highest BCUT2D eigenvalue weighted by atomic mass is 16.3. The van der Waals surface area contributed by atoms with Crippen molar-refractivity contribution in [3.8, 4) is 5.75 Å². The molecular weight excluding hydrogens is 312 g/mol. The van der Waals surface area contributed by atoms with Crippen LogP contribution in [0.3, 0.4) is 0 Å². The third-order valence-electron chi connectivity index (χ3n) is 7.99. The van der Waals surface area contributed by atoms with E-state index >= 15 is 0 Å². The maximum absolute atomic E-state index is 12.6. The van der Waals surface area contributed by atoms with Crippen LogP contribution in [-0.2, 0) is 10.2 Å². The van der Waals surface area contributed by atoms with Crippen LogP contribution in [-0.4, -0.2) is 41.1 Å². The molecule has 3 heterocycles. The van der Waals surface area contributed by atoms with Gasteiger partial charge in [0, 0.05) is 24.4 Å². The molecule has 1 aromatic carbocycles. The first kappa shape index (κ1) is 15.7. The number of anilines is 1. The van der Waals surface area contributed by atoms with Gasteiger partial charge in [-0.3, -0.25) is 9.69 Å². The first-order valence-electron chi connectivity index (χ1n) is 9.91. The molecule has 0 bridgehead atoms. The maximum atomic E-state index is 12.6. The van der Waals surface area contributed by atoms with Gasteiger partial charge in [0.25, 0.3) is 0 Å². The molecule has 3 aliphatic heterocycles. The van der Waals surface area contributed by atoms with Gasteiger partial charge in [-0.2, -0.15) is 0 Å². The lowest BCUT2D eigenvalue weighted by molar-refractivity contribution is -0.118. The minimum Gasteiger partial charge on any atom is -0.506 e. The van der Waals surface area contributed by atoms with E-state index in [9.17, 15) is 9.90 Å². The quantitative estimate of drug-likeness (QED) is 0.852. The molecule has 4 unspecified atom stereocenters. The highest BCUT2D eigenvalue weighted by Crippen LogP contribution is 2.66. The molecule has 134 valence electrons. The number of phenols is 1. The lowest BCUT2D eigenvalue weighted by atomic mass is 9.52. The van der Waals surface area contributed by atoms with Crippen LogP contribution in [0.2, 0.25) is 0 Å². The monoisotopic (exact) mass is 340 g/mol. The third-order valence-corrected chi connectivity index (χ3v) is 7.99. The second kappa shape index (κ2) is 5.00. The van der Waals surface area contributed by atoms with Crippen LogP contribution in [0.4, 0.5) is 5.69 Å². The highest BCUT2D eigenvalue weighted by Gasteiger charge is 2.68. The SMILES string of the molecule is CCC12CCCN3CCC4(c5cccc(O)c5N(C(C)=O)C4CC1)C32. The van der Waals surface area contributed by atoms with Crippen molar-refractivity contribution >= 4 is 11.6 Å². The number of rotatable bonds is 1. The number of hydrogen-bond donors (Lipinski definition) is 1. The summed E-state index contributed by atoms with van der Waals surface area (Å²) in [4.78, 5) is 17.3. The Balaban J connectivity index is 1.77. The number of carbonyl (C=O) groups is 1. The zero-order valence-corrected chi connectivity index (χ0v) is 15.3. The van der Waals surface area contributed by atoms with E-state index in [1.807, 2.05) is 11.0 Å². The third kappa shape index (κ3) is 1.69. The number of benzene rings is 1. The van der Waals surface area contributed by atoms with Crippen LogP contribution in [0.15, 0.2) is 18.2 Å². The Kier molecular flexibility index (Phi) is 3.14. The molecule has 1 saturated carbocycles. The molecular formula is C21H28N2O2. The second-order valence-electron chi connectivity index (χ2n) is 8.67. The van der Waals surface area contributed by atoms with Gasteiger partial charge in [-0.15, -0.1) is 0 Å². The smallest absolute Gasteiger partial charge is 0.224 e. The average Bonchev–Trinajstić information content (AvgIpc) is 3.14. The summed E-state index contributed by atoms with van der Waals surface area (Å²) in [5.74, 6) is 0.343. The number of nitrogens with zero attached hydrogens (tertiary/aromatic N) is 2. The maximum Gasteiger partial charge on any atom is 0.224 e. The van der Waals surface area contributed by atoms with Crippen LogP contribution in [0.25, 0.3) is 0 Å². The Morgan fingerprint density at radius 1 is 1.28 bits per heavy atom. The summed E-state index contributed by atoms with van der Waals surface area (Å²) in [5, 5.41) is 10.6. The molecule has 4 atom stereocenters. The number of hydrogen-bond acceptors (Lipinski definition) is 3. The molecule has 1 aromatic rings. The highest BCUT2D eigenvalue weighted by molar-refractivity contribution is 5.98. The van der Waals surface area contributed by atoms with Gasteiger partial charge in [0.05, 0.1) is 5.69 Å². The minimum atomic E-state index is 0.00836. The van der Waals surface area contributed by atoms with Gasteiger partial charge >= 0.3 is 0 Å². The number of aromatic hydroxyl groups is 1. The summed E-state index contributed by atoms with van der Waals surface area (Å²) < 4.78 is 0. The standard InChI is InChI=1S/C21H28N2O2/c1-3-20-9-5-12-22-13-11-21(19(20)22)15-6-4-7-16(25)18(15)23(14(2)24)17(21)8-10-20/h4,6-7,17,19,25H,3,5,8-13H2,1-2H3. The number of amides is 1. The van der Waals surface area contributed by atoms with E-state index in [1.165, 1.54) is 37.8 Å². The Morgan fingerprint density at radius 2 is 2.12 bits per heavy atom. The van der Waals surface area contributed by atoms with Gasteiger partial charge in [0.2, 0.25) is 5.91 Å². The van der Waals surface area contributed by atoms with Crippen molar-refractivity contribution in [1.82, 2.24) is 4.90 Å². The summed E-state index contributed by atoms with van der Waals surface area (Å²) in [6.45, 7) is 6.33. The van der Waals surface area contributed by atoms with Crippen molar-refractivity contribution in [2.75, 3.05) is 18.0 Å². The van der Waals surface area contributed by atoms with E-state index < -0.39 is 0 Å². The zero-order chi connectivity index (χ0) is 17.4. The molecule has 2 saturated heterocycles. The molecule has 25 heavy (non-hydrogen) atoms. The van der Waals surface area contributed by atoms with Crippen molar-refractivity contribution in [3.05, 3.63) is 23.8 Å². The van der Waals surface area contributed by atoms with E-state index in [2.05, 4.69) is 17.9 Å². The van der Waals surface area contributed by atoms with Gasteiger partial charge in [-0.25, -0.2) is 0 Å². The second-order valence-corrected chi connectivity index (χ2v) is 8.67. The van der Waals surface area contributed by atoms with Gasteiger partial charge in [0.1, 0.15) is 5.75 Å². The van der Waals surface area contributed by atoms with Crippen molar-refractivity contribution < 1.29 is 9.90 Å². The van der Waals surface area contributed by atoms with Crippen LogP contribution in [0.5, 0.6) is 5.75 Å². The van der Waals surface area contributed by atoms with Gasteiger partial charge in [-0.05, 0) is 68.7 Å². The van der Waals surface area contributed by atoms with Crippen LogP contribution < -0.4 is 4.90 Å². The van der Waals surface area contributed by atoms with E-state index in [1.54, 1.807) is 13.0 Å². The Labute approximate surface area is 149 Å². The van der Waals surface area contributed by atoms with Gasteiger partial charge in [0.15, 0.2) is 0 Å². The van der Waals surface area contributed by atoms with E-state index in [4.69, 9.17) is 0 Å². The Bertz CT molecular complexity index is 747. The number of phenolic OH excluding ortho intramolecular Hbond substituents is 1. The first-order valence-corrected chi connectivity index (χ1v) is 9.91. The molecule has 1 spiro atoms. The van der Waals surface area contributed by atoms with Gasteiger partial charge < -0.3 is 10.0 Å². The number of carbonyl (C=O) groups excluding carboxylic acids is 1. The van der Waals surface area contributed by atoms with Crippen molar-refractivity contribution in [3.63, 3.8) is 0 Å². The fourth-order valence-corrected chi connectivity index (χ4v) is 7.22. The van der Waals surface area contributed by atoms with Crippen LogP contribution in [0, 0.1) is 5.41 Å². The minimum absolute atomic E-state index is 0.00836. The summed E-state index contributed by atoms with van der Waals surface area (Å²) >= 11 is 0. The molecule has 4 nitrogen and oxygen atoms in total. The number of para-hydroxylation sites is 1. The fraction of sp³-hybridized carbons (Fsp3) is 0.667. The lowest BCUT2D eigenvalue weighted by Gasteiger charge is -2.58. The summed E-state index contributed by atoms with van der Waals surface area (Å²) in [7, 11) is 0. The molecule has 5 rings (SSSR count). The summed E-state index contributed by atoms with van der Waals surface area (Å²) in [6, 6.07) is 6.62. The normalized spacial score (nSPS) is 39.0. The fourth-order valence-electron chi connectivity index (χ4n) is 7.22. The molecule has 1 amide bonds. The topological polar surface area (TPSA) is 43.8 Å². The molecule has 4 aliphatic rings. The molecule has 1 aliphatic carbocycles. The largest absolute Gasteiger partial charge is 0.506 e. The summed E-state index contributed by atoms with van der Waals surface area (Å²) in [5.41, 5.74) is 2.42. The van der Waals surface area contributed by atoms with Crippen LogP contribution >= 0.6 is 0 Å². The van der Waals surface area contributed by atoms with E-state index in [0.717, 1.165) is 25.1 Å². The van der Waals surface area contributed by atoms with Crippen molar-refractivity contribution in [2.45, 2.75) is 69.9 Å². The molecule has 0 aromatic heterocycles.